The lowest BCUT2D eigenvalue weighted by Crippen LogP contribution is -2.64. The van der Waals surface area contributed by atoms with Crippen LogP contribution in [0.1, 0.15) is 20.8 Å². The van der Waals surface area contributed by atoms with Crippen LogP contribution < -0.4 is 10.1 Å². The standard InChI is InChI=1S/C21H20FNO4S/c1-13-19(20(25)23-21(10-24)11-26-12-21)16-8-15(6-7-18(16)28-13)27-9-14-4-2-3-5-17(14)22/h2-8,24H,9-12H2,1H3,(H,23,25). The molecule has 0 atom stereocenters. The second-order valence-electron chi connectivity index (χ2n) is 6.96. The Hall–Kier alpha value is -2.48. The van der Waals surface area contributed by atoms with E-state index in [4.69, 9.17) is 9.47 Å². The third-order valence-electron chi connectivity index (χ3n) is 4.85. The summed E-state index contributed by atoms with van der Waals surface area (Å²) in [6, 6.07) is 12.0. The van der Waals surface area contributed by atoms with Gasteiger partial charge in [0.25, 0.3) is 5.91 Å². The third-order valence-corrected chi connectivity index (χ3v) is 5.94. The van der Waals surface area contributed by atoms with Crippen molar-refractivity contribution < 1.29 is 23.8 Å². The lowest BCUT2D eigenvalue weighted by atomic mass is 9.97. The zero-order valence-corrected chi connectivity index (χ0v) is 16.1. The van der Waals surface area contributed by atoms with Gasteiger partial charge in [-0.1, -0.05) is 18.2 Å². The molecule has 7 heteroatoms. The van der Waals surface area contributed by atoms with E-state index in [0.29, 0.717) is 30.1 Å². The summed E-state index contributed by atoms with van der Waals surface area (Å²) < 4.78 is 25.6. The highest BCUT2D eigenvalue weighted by atomic mass is 32.1. The van der Waals surface area contributed by atoms with Gasteiger partial charge < -0.3 is 19.9 Å². The van der Waals surface area contributed by atoms with E-state index in [1.807, 2.05) is 19.1 Å². The van der Waals surface area contributed by atoms with Gasteiger partial charge in [-0.25, -0.2) is 4.39 Å². The smallest absolute Gasteiger partial charge is 0.253 e. The molecule has 0 unspecified atom stereocenters. The number of rotatable bonds is 6. The maximum Gasteiger partial charge on any atom is 0.253 e. The van der Waals surface area contributed by atoms with Gasteiger partial charge in [-0.15, -0.1) is 11.3 Å². The topological polar surface area (TPSA) is 67.8 Å². The molecular formula is C21H20FNO4S. The lowest BCUT2D eigenvalue weighted by molar-refractivity contribution is -0.0919. The van der Waals surface area contributed by atoms with E-state index >= 15 is 0 Å². The summed E-state index contributed by atoms with van der Waals surface area (Å²) in [6.45, 7) is 2.42. The molecule has 146 valence electrons. The Bertz CT molecular complexity index is 1020. The molecule has 3 aromatic rings. The van der Waals surface area contributed by atoms with Crippen LogP contribution in [0.2, 0.25) is 0 Å². The second kappa shape index (κ2) is 7.50. The third kappa shape index (κ3) is 3.48. The highest BCUT2D eigenvalue weighted by Crippen LogP contribution is 2.34. The molecule has 4 rings (SSSR count). The van der Waals surface area contributed by atoms with Crippen molar-refractivity contribution in [1.82, 2.24) is 5.32 Å². The van der Waals surface area contributed by atoms with E-state index in [1.54, 1.807) is 24.3 Å². The first-order valence-electron chi connectivity index (χ1n) is 8.92. The number of fused-ring (bicyclic) bond motifs is 1. The average molecular weight is 401 g/mol. The van der Waals surface area contributed by atoms with Gasteiger partial charge in [0.15, 0.2) is 0 Å². The zero-order chi connectivity index (χ0) is 19.7. The van der Waals surface area contributed by atoms with Crippen molar-refractivity contribution in [3.63, 3.8) is 0 Å². The predicted octanol–water partition coefficient (Wildman–Crippen LogP) is 3.42. The molecule has 1 aromatic heterocycles. The van der Waals surface area contributed by atoms with Gasteiger partial charge in [0.05, 0.1) is 25.4 Å². The molecule has 1 saturated heterocycles. The Kier molecular flexibility index (Phi) is 5.05. The quantitative estimate of drug-likeness (QED) is 0.664. The van der Waals surface area contributed by atoms with Crippen LogP contribution in [0.25, 0.3) is 10.1 Å². The maximum atomic E-state index is 13.8. The van der Waals surface area contributed by atoms with Crippen molar-refractivity contribution >= 4 is 27.3 Å². The molecule has 2 N–H and O–H groups in total. The number of amides is 1. The summed E-state index contributed by atoms with van der Waals surface area (Å²) in [4.78, 5) is 13.8. The number of aliphatic hydroxyl groups is 1. The summed E-state index contributed by atoms with van der Waals surface area (Å²) in [5.74, 6) is 0.00541. The lowest BCUT2D eigenvalue weighted by Gasteiger charge is -2.40. The number of aryl methyl sites for hydroxylation is 1. The molecule has 0 spiro atoms. The molecule has 1 amide bonds. The van der Waals surface area contributed by atoms with Gasteiger partial charge >= 0.3 is 0 Å². The maximum absolute atomic E-state index is 13.8. The van der Waals surface area contributed by atoms with Crippen LogP contribution in [0.5, 0.6) is 5.75 Å². The average Bonchev–Trinajstić information content (AvgIpc) is 2.99. The zero-order valence-electron chi connectivity index (χ0n) is 15.3. The van der Waals surface area contributed by atoms with Crippen molar-refractivity contribution in [3.05, 3.63) is 64.3 Å². The van der Waals surface area contributed by atoms with Crippen molar-refractivity contribution in [3.8, 4) is 5.75 Å². The Morgan fingerprint density at radius 2 is 2.11 bits per heavy atom. The first-order valence-corrected chi connectivity index (χ1v) is 9.73. The second-order valence-corrected chi connectivity index (χ2v) is 8.21. The number of benzene rings is 2. The SMILES string of the molecule is Cc1sc2ccc(OCc3ccccc3F)cc2c1C(=O)NC1(CO)COC1. The van der Waals surface area contributed by atoms with E-state index in [1.165, 1.54) is 17.4 Å². The molecule has 5 nitrogen and oxygen atoms in total. The fraction of sp³-hybridized carbons (Fsp3) is 0.286. The highest BCUT2D eigenvalue weighted by molar-refractivity contribution is 7.19. The summed E-state index contributed by atoms with van der Waals surface area (Å²) in [7, 11) is 0. The normalized spacial score (nSPS) is 15.2. The molecule has 28 heavy (non-hydrogen) atoms. The first kappa shape index (κ1) is 18.9. The van der Waals surface area contributed by atoms with E-state index in [9.17, 15) is 14.3 Å². The number of carbonyl (C=O) groups excluding carboxylic acids is 1. The molecule has 0 aliphatic carbocycles. The molecule has 1 aliphatic heterocycles. The number of aliphatic hydroxyl groups excluding tert-OH is 1. The fourth-order valence-corrected chi connectivity index (χ4v) is 4.24. The minimum atomic E-state index is -0.712. The molecule has 1 aliphatic rings. The van der Waals surface area contributed by atoms with Crippen LogP contribution >= 0.6 is 11.3 Å². The van der Waals surface area contributed by atoms with Crippen molar-refractivity contribution in [1.29, 1.82) is 0 Å². The highest BCUT2D eigenvalue weighted by Gasteiger charge is 2.40. The number of halogens is 1. The Morgan fingerprint density at radius 1 is 1.32 bits per heavy atom. The number of thiophene rings is 1. The number of carbonyl (C=O) groups is 1. The van der Waals surface area contributed by atoms with E-state index in [2.05, 4.69) is 5.32 Å². The van der Waals surface area contributed by atoms with Gasteiger partial charge in [0, 0.05) is 20.5 Å². The van der Waals surface area contributed by atoms with Crippen LogP contribution in [0, 0.1) is 12.7 Å². The molecule has 2 aromatic carbocycles. The number of hydrogen-bond acceptors (Lipinski definition) is 5. The predicted molar refractivity (Wildman–Crippen MR) is 105 cm³/mol. The minimum absolute atomic E-state index is 0.105. The van der Waals surface area contributed by atoms with Gasteiger partial charge in [0.2, 0.25) is 0 Å². The van der Waals surface area contributed by atoms with E-state index in [0.717, 1.165) is 15.0 Å². The first-order chi connectivity index (χ1) is 13.5. The largest absolute Gasteiger partial charge is 0.489 e. The Morgan fingerprint density at radius 3 is 2.79 bits per heavy atom. The number of nitrogens with one attached hydrogen (secondary N) is 1. The summed E-state index contributed by atoms with van der Waals surface area (Å²) in [6.07, 6.45) is 0. The molecule has 2 heterocycles. The number of ether oxygens (including phenoxy) is 2. The molecule has 0 bridgehead atoms. The van der Waals surface area contributed by atoms with Gasteiger partial charge in [-0.3, -0.25) is 4.79 Å². The monoisotopic (exact) mass is 401 g/mol. The number of hydrogen-bond donors (Lipinski definition) is 2. The van der Waals surface area contributed by atoms with E-state index < -0.39 is 5.54 Å². The minimum Gasteiger partial charge on any atom is -0.489 e. The summed E-state index contributed by atoms with van der Waals surface area (Å²) >= 11 is 1.52. The van der Waals surface area contributed by atoms with Crippen LogP contribution in [0.15, 0.2) is 42.5 Å². The van der Waals surface area contributed by atoms with Crippen LogP contribution in [0.3, 0.4) is 0 Å². The van der Waals surface area contributed by atoms with Gasteiger partial charge in [0.1, 0.15) is 23.7 Å². The Labute approximate surface area is 165 Å². The van der Waals surface area contributed by atoms with Crippen LogP contribution in [-0.4, -0.2) is 36.4 Å². The fourth-order valence-electron chi connectivity index (χ4n) is 3.20. The van der Waals surface area contributed by atoms with Crippen molar-refractivity contribution in [2.24, 2.45) is 0 Å². The van der Waals surface area contributed by atoms with Crippen molar-refractivity contribution in [2.75, 3.05) is 19.8 Å². The summed E-state index contributed by atoms with van der Waals surface area (Å²) in [5, 5.41) is 13.2. The Balaban J connectivity index is 1.59. The molecule has 1 fully saturated rings. The molecule has 0 saturated carbocycles. The van der Waals surface area contributed by atoms with Gasteiger partial charge in [-0.05, 0) is 31.2 Å². The summed E-state index contributed by atoms with van der Waals surface area (Å²) in [5.41, 5.74) is 0.324. The van der Waals surface area contributed by atoms with Gasteiger partial charge in [-0.2, -0.15) is 0 Å². The van der Waals surface area contributed by atoms with Crippen LogP contribution in [0.4, 0.5) is 4.39 Å². The molecule has 0 radical (unpaired) electrons. The van der Waals surface area contributed by atoms with Crippen molar-refractivity contribution in [2.45, 2.75) is 19.1 Å². The van der Waals surface area contributed by atoms with E-state index in [-0.39, 0.29) is 24.9 Å². The molecular weight excluding hydrogens is 381 g/mol. The van der Waals surface area contributed by atoms with Crippen LogP contribution in [-0.2, 0) is 11.3 Å².